The first-order valence-corrected chi connectivity index (χ1v) is 11.4. The van der Waals surface area contributed by atoms with E-state index in [0.717, 1.165) is 24.2 Å². The average Bonchev–Trinajstić information content (AvgIpc) is 3.18. The van der Waals surface area contributed by atoms with Gasteiger partial charge in [-0.15, -0.1) is 25.6 Å². The molecule has 0 radical (unpaired) electrons. The Labute approximate surface area is 205 Å². The number of anilines is 1. The summed E-state index contributed by atoms with van der Waals surface area (Å²) in [5, 5.41) is 0.436. The van der Waals surface area contributed by atoms with Crippen molar-refractivity contribution in [2.75, 3.05) is 44.3 Å². The van der Waals surface area contributed by atoms with E-state index in [2.05, 4.69) is 14.6 Å². The minimum Gasteiger partial charge on any atom is -0.406 e. The van der Waals surface area contributed by atoms with Gasteiger partial charge in [0.2, 0.25) is 0 Å². The van der Waals surface area contributed by atoms with Gasteiger partial charge < -0.3 is 9.47 Å². The maximum Gasteiger partial charge on any atom is 0.573 e. The minimum absolute atomic E-state index is 0. The lowest BCUT2D eigenvalue weighted by atomic mass is 10.1. The fourth-order valence-electron chi connectivity index (χ4n) is 3.59. The number of alkyl halides is 3. The SMILES string of the molecule is Cc1ccc(C(=O)N(CCN2CCOCC2)c2nc3ccc(OC(F)(F)F)cc3s2)cc1C.Cl. The fraction of sp³-hybridized carbons (Fsp3) is 0.391. The van der Waals surface area contributed by atoms with Gasteiger partial charge in [-0.25, -0.2) is 4.98 Å². The van der Waals surface area contributed by atoms with Crippen LogP contribution < -0.4 is 9.64 Å². The van der Waals surface area contributed by atoms with Crippen LogP contribution in [0.25, 0.3) is 10.2 Å². The maximum absolute atomic E-state index is 13.5. The highest BCUT2D eigenvalue weighted by Crippen LogP contribution is 2.34. The Morgan fingerprint density at radius 1 is 1.15 bits per heavy atom. The summed E-state index contributed by atoms with van der Waals surface area (Å²) in [7, 11) is 0. The van der Waals surface area contributed by atoms with Crippen molar-refractivity contribution in [1.82, 2.24) is 9.88 Å². The van der Waals surface area contributed by atoms with Gasteiger partial charge in [-0.2, -0.15) is 0 Å². The normalized spacial score (nSPS) is 14.6. The Morgan fingerprint density at radius 3 is 2.56 bits per heavy atom. The number of nitrogens with zero attached hydrogens (tertiary/aromatic N) is 3. The molecule has 0 saturated carbocycles. The van der Waals surface area contributed by atoms with E-state index in [4.69, 9.17) is 4.74 Å². The fourth-order valence-corrected chi connectivity index (χ4v) is 4.60. The van der Waals surface area contributed by atoms with Crippen LogP contribution in [-0.4, -0.2) is 61.5 Å². The van der Waals surface area contributed by atoms with Crippen molar-refractivity contribution in [2.24, 2.45) is 0 Å². The van der Waals surface area contributed by atoms with Crippen molar-refractivity contribution >= 4 is 45.0 Å². The highest BCUT2D eigenvalue weighted by atomic mass is 35.5. The summed E-state index contributed by atoms with van der Waals surface area (Å²) in [5.74, 6) is -0.511. The minimum atomic E-state index is -4.77. The van der Waals surface area contributed by atoms with Crippen LogP contribution >= 0.6 is 23.7 Å². The number of hydrogen-bond acceptors (Lipinski definition) is 6. The standard InChI is InChI=1S/C23H24F3N3O3S.ClH/c1-15-3-4-17(13-16(15)2)21(30)29(8-7-28-9-11-31-12-10-28)22-27-19-6-5-18(14-20(19)33-22)32-23(24,25)26;/h3-6,13-14H,7-12H2,1-2H3;1H. The quantitative estimate of drug-likeness (QED) is 0.451. The van der Waals surface area contributed by atoms with Gasteiger partial charge in [-0.05, 0) is 49.2 Å². The summed E-state index contributed by atoms with van der Waals surface area (Å²) in [4.78, 5) is 21.9. The lowest BCUT2D eigenvalue weighted by molar-refractivity contribution is -0.274. The van der Waals surface area contributed by atoms with Crippen molar-refractivity contribution < 1.29 is 27.4 Å². The van der Waals surface area contributed by atoms with E-state index in [9.17, 15) is 18.0 Å². The predicted octanol–water partition coefficient (Wildman–Crippen LogP) is 5.21. The van der Waals surface area contributed by atoms with Gasteiger partial charge >= 0.3 is 6.36 Å². The van der Waals surface area contributed by atoms with Crippen molar-refractivity contribution in [2.45, 2.75) is 20.2 Å². The van der Waals surface area contributed by atoms with Gasteiger partial charge in [-0.3, -0.25) is 14.6 Å². The molecule has 34 heavy (non-hydrogen) atoms. The van der Waals surface area contributed by atoms with Crippen molar-refractivity contribution in [3.63, 3.8) is 0 Å². The molecule has 0 unspecified atom stereocenters. The van der Waals surface area contributed by atoms with E-state index in [1.54, 1.807) is 11.0 Å². The third-order valence-electron chi connectivity index (χ3n) is 5.56. The van der Waals surface area contributed by atoms with Crippen LogP contribution in [0, 0.1) is 13.8 Å². The number of thiazole rings is 1. The first-order valence-electron chi connectivity index (χ1n) is 10.6. The third kappa shape index (κ3) is 6.38. The number of amides is 1. The van der Waals surface area contributed by atoms with E-state index in [1.165, 1.54) is 29.5 Å². The molecule has 2 heterocycles. The van der Waals surface area contributed by atoms with Gasteiger partial charge in [0.05, 0.1) is 23.4 Å². The summed E-state index contributed by atoms with van der Waals surface area (Å²) in [6.07, 6.45) is -4.77. The number of fused-ring (bicyclic) bond motifs is 1. The number of rotatable bonds is 6. The van der Waals surface area contributed by atoms with E-state index < -0.39 is 6.36 Å². The molecular formula is C23H25ClF3N3O3S. The Morgan fingerprint density at radius 2 is 1.88 bits per heavy atom. The lowest BCUT2D eigenvalue weighted by Gasteiger charge is -2.29. The number of ether oxygens (including phenoxy) is 2. The molecule has 4 rings (SSSR count). The topological polar surface area (TPSA) is 54.9 Å². The smallest absolute Gasteiger partial charge is 0.406 e. The summed E-state index contributed by atoms with van der Waals surface area (Å²) in [6, 6.07) is 9.53. The molecule has 11 heteroatoms. The zero-order valence-corrected chi connectivity index (χ0v) is 20.4. The first-order chi connectivity index (χ1) is 15.7. The van der Waals surface area contributed by atoms with Crippen LogP contribution in [0.1, 0.15) is 21.5 Å². The number of hydrogen-bond donors (Lipinski definition) is 0. The zero-order valence-electron chi connectivity index (χ0n) is 18.7. The Balaban J connectivity index is 0.00000324. The number of morpholine rings is 1. The number of benzene rings is 2. The van der Waals surface area contributed by atoms with Crippen LogP contribution in [0.5, 0.6) is 5.75 Å². The van der Waals surface area contributed by atoms with Gasteiger partial charge in [0.1, 0.15) is 5.75 Å². The number of aryl methyl sites for hydroxylation is 2. The van der Waals surface area contributed by atoms with Crippen LogP contribution in [0.2, 0.25) is 0 Å². The molecule has 1 fully saturated rings. The molecule has 1 saturated heterocycles. The second-order valence-corrected chi connectivity index (χ2v) is 8.89. The molecule has 6 nitrogen and oxygen atoms in total. The number of carbonyl (C=O) groups is 1. The average molecular weight is 516 g/mol. The molecule has 0 bridgehead atoms. The largest absolute Gasteiger partial charge is 0.573 e. The highest BCUT2D eigenvalue weighted by Gasteiger charge is 2.31. The van der Waals surface area contributed by atoms with Crippen molar-refractivity contribution in [1.29, 1.82) is 0 Å². The molecular weight excluding hydrogens is 491 g/mol. The van der Waals surface area contributed by atoms with E-state index in [-0.39, 0.29) is 24.1 Å². The monoisotopic (exact) mass is 515 g/mol. The molecule has 1 aliphatic heterocycles. The zero-order chi connectivity index (χ0) is 23.6. The Bertz CT molecular complexity index is 1150. The number of halogens is 4. The summed E-state index contributed by atoms with van der Waals surface area (Å²) in [6.45, 7) is 7.82. The Hall–Kier alpha value is -2.40. The summed E-state index contributed by atoms with van der Waals surface area (Å²) in [5.41, 5.74) is 3.14. The van der Waals surface area contributed by atoms with Gasteiger partial charge in [0, 0.05) is 37.8 Å². The van der Waals surface area contributed by atoms with Crippen molar-refractivity contribution in [3.05, 3.63) is 53.1 Å². The summed E-state index contributed by atoms with van der Waals surface area (Å²) < 4.78 is 47.7. The molecule has 1 aromatic heterocycles. The first kappa shape index (κ1) is 26.2. The van der Waals surface area contributed by atoms with Gasteiger partial charge in [-0.1, -0.05) is 17.4 Å². The van der Waals surface area contributed by atoms with E-state index in [0.29, 0.717) is 47.2 Å². The van der Waals surface area contributed by atoms with Gasteiger partial charge in [0.25, 0.3) is 5.91 Å². The van der Waals surface area contributed by atoms with E-state index >= 15 is 0 Å². The van der Waals surface area contributed by atoms with Crippen molar-refractivity contribution in [3.8, 4) is 5.75 Å². The molecule has 0 atom stereocenters. The predicted molar refractivity (Wildman–Crippen MR) is 128 cm³/mol. The highest BCUT2D eigenvalue weighted by molar-refractivity contribution is 7.22. The molecule has 3 aromatic rings. The molecule has 184 valence electrons. The second-order valence-electron chi connectivity index (χ2n) is 7.88. The van der Waals surface area contributed by atoms with Crippen LogP contribution in [-0.2, 0) is 4.74 Å². The molecule has 0 aliphatic carbocycles. The lowest BCUT2D eigenvalue weighted by Crippen LogP contribution is -2.43. The van der Waals surface area contributed by atoms with Crippen LogP contribution in [0.3, 0.4) is 0 Å². The summed E-state index contributed by atoms with van der Waals surface area (Å²) >= 11 is 1.17. The number of carbonyl (C=O) groups excluding carboxylic acids is 1. The van der Waals surface area contributed by atoms with E-state index in [1.807, 2.05) is 26.0 Å². The Kier molecular flexibility index (Phi) is 8.40. The molecule has 2 aromatic carbocycles. The molecule has 0 N–H and O–H groups in total. The maximum atomic E-state index is 13.5. The number of aromatic nitrogens is 1. The molecule has 0 spiro atoms. The molecule has 1 aliphatic rings. The van der Waals surface area contributed by atoms with Gasteiger partial charge in [0.15, 0.2) is 5.13 Å². The second kappa shape index (κ2) is 10.9. The molecule has 1 amide bonds. The third-order valence-corrected chi connectivity index (χ3v) is 6.60. The van der Waals surface area contributed by atoms with Crippen LogP contribution in [0.15, 0.2) is 36.4 Å². The van der Waals surface area contributed by atoms with Crippen LogP contribution in [0.4, 0.5) is 18.3 Å².